The molecular formula is C11H16FN3O2. The van der Waals surface area contributed by atoms with Crippen LogP contribution in [0, 0.1) is 5.92 Å². The van der Waals surface area contributed by atoms with Crippen molar-refractivity contribution in [2.24, 2.45) is 10.9 Å². The van der Waals surface area contributed by atoms with Gasteiger partial charge in [0.25, 0.3) is 0 Å². The van der Waals surface area contributed by atoms with Crippen molar-refractivity contribution in [3.05, 3.63) is 0 Å². The van der Waals surface area contributed by atoms with Crippen molar-refractivity contribution in [1.82, 2.24) is 10.4 Å². The summed E-state index contributed by atoms with van der Waals surface area (Å²) in [5, 5.41) is 1.80. The van der Waals surface area contributed by atoms with Crippen LogP contribution in [0.4, 0.5) is 4.39 Å². The minimum atomic E-state index is -0.986. The zero-order valence-electron chi connectivity index (χ0n) is 9.73. The van der Waals surface area contributed by atoms with Gasteiger partial charge in [-0.3, -0.25) is 5.43 Å². The van der Waals surface area contributed by atoms with E-state index in [1.165, 1.54) is 0 Å². The van der Waals surface area contributed by atoms with Crippen LogP contribution in [0.15, 0.2) is 4.99 Å². The molecule has 1 aliphatic carbocycles. The Labute approximate surface area is 99.0 Å². The van der Waals surface area contributed by atoms with Crippen molar-refractivity contribution in [1.29, 1.82) is 0 Å². The summed E-state index contributed by atoms with van der Waals surface area (Å²) in [6.07, 6.45) is 1.29. The summed E-state index contributed by atoms with van der Waals surface area (Å²) in [6.45, 7) is 2.04. The summed E-state index contributed by atoms with van der Waals surface area (Å²) in [6, 6.07) is 0.172. The molecule has 0 bridgehead atoms. The number of esters is 1. The highest BCUT2D eigenvalue weighted by Crippen LogP contribution is 2.43. The van der Waals surface area contributed by atoms with E-state index in [0.717, 1.165) is 12.8 Å². The Bertz CT molecular complexity index is 370. The number of halogens is 1. The minimum absolute atomic E-state index is 0.143. The number of nitrogens with one attached hydrogen (secondary N) is 1. The molecule has 2 fully saturated rings. The molecule has 6 heteroatoms. The summed E-state index contributed by atoms with van der Waals surface area (Å²) in [7, 11) is 0. The first-order chi connectivity index (χ1) is 8.20. The van der Waals surface area contributed by atoms with Crippen LogP contribution in [0.2, 0.25) is 0 Å². The molecule has 17 heavy (non-hydrogen) atoms. The van der Waals surface area contributed by atoms with Gasteiger partial charge in [-0.15, -0.1) is 0 Å². The van der Waals surface area contributed by atoms with Gasteiger partial charge in [0.05, 0.1) is 6.61 Å². The van der Waals surface area contributed by atoms with Crippen LogP contribution in [-0.4, -0.2) is 41.8 Å². The van der Waals surface area contributed by atoms with Crippen LogP contribution in [0.3, 0.4) is 0 Å². The SMILES string of the molecule is CCOC(=O)C1=NC2C(F)CC(C3CC3)N2N1. The molecule has 2 aliphatic heterocycles. The Balaban J connectivity index is 1.72. The maximum Gasteiger partial charge on any atom is 0.375 e. The summed E-state index contributed by atoms with van der Waals surface area (Å²) in [5.74, 6) is 0.205. The molecule has 0 aromatic heterocycles. The van der Waals surface area contributed by atoms with Crippen LogP contribution >= 0.6 is 0 Å². The number of amidine groups is 1. The molecule has 1 saturated carbocycles. The summed E-state index contributed by atoms with van der Waals surface area (Å²) >= 11 is 0. The van der Waals surface area contributed by atoms with Crippen molar-refractivity contribution < 1.29 is 13.9 Å². The van der Waals surface area contributed by atoms with E-state index in [2.05, 4.69) is 10.4 Å². The molecule has 3 aliphatic rings. The first kappa shape index (κ1) is 11.0. The largest absolute Gasteiger partial charge is 0.460 e. The van der Waals surface area contributed by atoms with Gasteiger partial charge < -0.3 is 4.74 Å². The zero-order valence-corrected chi connectivity index (χ0v) is 9.73. The van der Waals surface area contributed by atoms with E-state index in [9.17, 15) is 9.18 Å². The molecule has 94 valence electrons. The van der Waals surface area contributed by atoms with Crippen LogP contribution < -0.4 is 5.43 Å². The van der Waals surface area contributed by atoms with Crippen LogP contribution in [-0.2, 0) is 9.53 Å². The standard InChI is InChI=1S/C11H16FN3O2/c1-2-17-11(16)9-13-10-7(12)5-8(6-3-4-6)15(10)14-9/h6-8,10H,2-5H2,1H3,(H,13,14). The van der Waals surface area contributed by atoms with E-state index < -0.39 is 18.3 Å². The van der Waals surface area contributed by atoms with E-state index >= 15 is 0 Å². The predicted octanol–water partition coefficient (Wildman–Crippen LogP) is 0.615. The molecule has 0 amide bonds. The van der Waals surface area contributed by atoms with E-state index in [1.54, 1.807) is 11.9 Å². The van der Waals surface area contributed by atoms with Gasteiger partial charge in [0.15, 0.2) is 6.17 Å². The Kier molecular flexibility index (Phi) is 2.54. The number of hydrogen-bond acceptors (Lipinski definition) is 5. The van der Waals surface area contributed by atoms with Crippen molar-refractivity contribution in [3.63, 3.8) is 0 Å². The van der Waals surface area contributed by atoms with Crippen LogP contribution in [0.25, 0.3) is 0 Å². The van der Waals surface area contributed by atoms with Gasteiger partial charge in [0.1, 0.15) is 6.17 Å². The summed E-state index contributed by atoms with van der Waals surface area (Å²) < 4.78 is 18.7. The van der Waals surface area contributed by atoms with Gasteiger partial charge in [0.2, 0.25) is 5.84 Å². The predicted molar refractivity (Wildman–Crippen MR) is 58.9 cm³/mol. The quantitative estimate of drug-likeness (QED) is 0.736. The lowest BCUT2D eigenvalue weighted by atomic mass is 10.1. The Hall–Kier alpha value is -1.17. The number of nitrogens with zero attached hydrogens (tertiary/aromatic N) is 2. The first-order valence-corrected chi connectivity index (χ1v) is 6.14. The maximum atomic E-state index is 13.8. The third kappa shape index (κ3) is 1.80. The summed E-state index contributed by atoms with van der Waals surface area (Å²) in [4.78, 5) is 15.6. The smallest absolute Gasteiger partial charge is 0.375 e. The number of hydrazine groups is 1. The minimum Gasteiger partial charge on any atom is -0.460 e. The normalized spacial score (nSPS) is 36.4. The fourth-order valence-electron chi connectivity index (χ4n) is 2.61. The monoisotopic (exact) mass is 241 g/mol. The number of carbonyl (C=O) groups excluding carboxylic acids is 1. The molecule has 3 atom stereocenters. The highest BCUT2D eigenvalue weighted by Gasteiger charge is 2.51. The third-order valence-corrected chi connectivity index (χ3v) is 3.56. The Morgan fingerprint density at radius 3 is 3.06 bits per heavy atom. The van der Waals surface area contributed by atoms with Crippen molar-refractivity contribution in [2.75, 3.05) is 6.61 Å². The highest BCUT2D eigenvalue weighted by molar-refractivity contribution is 6.35. The maximum absolute atomic E-state index is 13.8. The molecule has 2 heterocycles. The molecule has 0 spiro atoms. The first-order valence-electron chi connectivity index (χ1n) is 6.14. The summed E-state index contributed by atoms with van der Waals surface area (Å²) in [5.41, 5.74) is 2.91. The topological polar surface area (TPSA) is 53.9 Å². The van der Waals surface area contributed by atoms with Gasteiger partial charge in [-0.25, -0.2) is 14.2 Å². The molecule has 0 aromatic rings. The molecular weight excluding hydrogens is 225 g/mol. The molecule has 3 unspecified atom stereocenters. The van der Waals surface area contributed by atoms with Gasteiger partial charge in [-0.1, -0.05) is 0 Å². The van der Waals surface area contributed by atoms with Gasteiger partial charge in [-0.05, 0) is 32.1 Å². The average Bonchev–Trinajstić information content (AvgIpc) is 2.95. The number of alkyl halides is 1. The van der Waals surface area contributed by atoms with E-state index in [1.807, 2.05) is 0 Å². The van der Waals surface area contributed by atoms with Crippen LogP contribution in [0.1, 0.15) is 26.2 Å². The molecule has 5 nitrogen and oxygen atoms in total. The Morgan fingerprint density at radius 2 is 2.41 bits per heavy atom. The van der Waals surface area contributed by atoms with Gasteiger partial charge in [0, 0.05) is 6.04 Å². The molecule has 0 aromatic carbocycles. The average molecular weight is 241 g/mol. The fourth-order valence-corrected chi connectivity index (χ4v) is 2.61. The number of hydrogen-bond donors (Lipinski definition) is 1. The zero-order chi connectivity index (χ0) is 12.0. The second kappa shape index (κ2) is 3.94. The lowest BCUT2D eigenvalue weighted by Gasteiger charge is -2.22. The molecule has 1 N–H and O–H groups in total. The van der Waals surface area contributed by atoms with Crippen molar-refractivity contribution in [3.8, 4) is 0 Å². The number of rotatable bonds is 3. The highest BCUT2D eigenvalue weighted by atomic mass is 19.1. The lowest BCUT2D eigenvalue weighted by molar-refractivity contribution is -0.135. The van der Waals surface area contributed by atoms with Crippen LogP contribution in [0.5, 0.6) is 0 Å². The lowest BCUT2D eigenvalue weighted by Crippen LogP contribution is -2.46. The third-order valence-electron chi connectivity index (χ3n) is 3.56. The van der Waals surface area contributed by atoms with E-state index in [-0.39, 0.29) is 11.9 Å². The van der Waals surface area contributed by atoms with Gasteiger partial charge in [-0.2, -0.15) is 5.01 Å². The fraction of sp³-hybridized carbons (Fsp3) is 0.818. The number of aliphatic imine (C=N–C) groups is 1. The number of fused-ring (bicyclic) bond motifs is 1. The second-order valence-corrected chi connectivity index (χ2v) is 4.79. The Morgan fingerprint density at radius 1 is 1.65 bits per heavy atom. The molecule has 3 rings (SSSR count). The van der Waals surface area contributed by atoms with Crippen molar-refractivity contribution >= 4 is 11.8 Å². The number of ether oxygens (including phenoxy) is 1. The van der Waals surface area contributed by atoms with Gasteiger partial charge >= 0.3 is 5.97 Å². The second-order valence-electron chi connectivity index (χ2n) is 4.79. The molecule has 1 saturated heterocycles. The van der Waals surface area contributed by atoms with E-state index in [0.29, 0.717) is 18.9 Å². The molecule has 0 radical (unpaired) electrons. The van der Waals surface area contributed by atoms with Crippen molar-refractivity contribution in [2.45, 2.75) is 44.6 Å². The number of carbonyl (C=O) groups is 1. The van der Waals surface area contributed by atoms with E-state index in [4.69, 9.17) is 4.74 Å².